The van der Waals surface area contributed by atoms with Crippen LogP contribution in [0.1, 0.15) is 48.0 Å². The van der Waals surface area contributed by atoms with Crippen LogP contribution in [-0.2, 0) is 9.09 Å². The van der Waals surface area contributed by atoms with Gasteiger partial charge in [0, 0.05) is 4.75 Å². The Morgan fingerprint density at radius 1 is 1.44 bits per heavy atom. The Hall–Kier alpha value is 0.460. The van der Waals surface area contributed by atoms with E-state index in [0.29, 0.717) is 5.92 Å². The summed E-state index contributed by atoms with van der Waals surface area (Å²) in [6, 6.07) is 0. The summed E-state index contributed by atoms with van der Waals surface area (Å²) < 4.78 is 17.5. The van der Waals surface area contributed by atoms with Gasteiger partial charge in [-0.05, 0) is 33.1 Å². The third-order valence-corrected chi connectivity index (χ3v) is 7.31. The van der Waals surface area contributed by atoms with E-state index in [1.165, 1.54) is 0 Å². The molecule has 0 amide bonds. The highest BCUT2D eigenvalue weighted by atomic mass is 32.2. The molecule has 6 heteroatoms. The van der Waals surface area contributed by atoms with Gasteiger partial charge in [0.05, 0.1) is 11.5 Å². The first-order valence-corrected chi connectivity index (χ1v) is 9.07. The minimum absolute atomic E-state index is 0.193. The van der Waals surface area contributed by atoms with Gasteiger partial charge in [-0.1, -0.05) is 20.8 Å². The van der Waals surface area contributed by atoms with Crippen LogP contribution in [0, 0.1) is 5.92 Å². The van der Waals surface area contributed by atoms with Gasteiger partial charge in [-0.2, -0.15) is 0 Å². The topological polar surface area (TPSA) is 58.6 Å². The molecule has 1 aliphatic rings. The van der Waals surface area contributed by atoms with Gasteiger partial charge in [-0.25, -0.2) is 0 Å². The Morgan fingerprint density at radius 2 is 2.00 bits per heavy atom. The van der Waals surface area contributed by atoms with E-state index in [4.69, 9.17) is 4.52 Å². The first kappa shape index (κ1) is 16.5. The number of thioether (sulfide) groups is 1. The molecule has 4 unspecified atom stereocenters. The van der Waals surface area contributed by atoms with Crippen molar-refractivity contribution in [3.8, 4) is 0 Å². The normalized spacial score (nSPS) is 32.4. The lowest BCUT2D eigenvalue weighted by molar-refractivity contribution is 0.174. The van der Waals surface area contributed by atoms with Gasteiger partial charge in [-0.3, -0.25) is 9.88 Å². The highest BCUT2D eigenvalue weighted by Gasteiger charge is 2.52. The van der Waals surface area contributed by atoms with E-state index in [0.717, 1.165) is 6.42 Å². The number of hydrogen-bond donors (Lipinski definition) is 2. The van der Waals surface area contributed by atoms with Crippen LogP contribution in [0.25, 0.3) is 0 Å². The third-order valence-electron chi connectivity index (χ3n) is 3.25. The van der Waals surface area contributed by atoms with E-state index < -0.39 is 13.4 Å². The molecule has 1 rings (SSSR count). The Morgan fingerprint density at radius 3 is 2.39 bits per heavy atom. The standard InChI is InChI=1S/C12H26NO3PS/c1-7-9(4)16-17(14,15)11-12(5,6)18-10(13-11)8(2)3/h8-11,13H,7H2,1-6H3,(H,14,15). The van der Waals surface area contributed by atoms with Gasteiger partial charge in [-0.15, -0.1) is 11.8 Å². The van der Waals surface area contributed by atoms with Crippen molar-refractivity contribution in [1.29, 1.82) is 0 Å². The minimum Gasteiger partial charge on any atom is -0.323 e. The van der Waals surface area contributed by atoms with Crippen LogP contribution >= 0.6 is 19.4 Å². The van der Waals surface area contributed by atoms with Gasteiger partial charge >= 0.3 is 7.60 Å². The zero-order valence-electron chi connectivity index (χ0n) is 12.1. The molecule has 1 aliphatic heterocycles. The van der Waals surface area contributed by atoms with E-state index >= 15 is 0 Å². The van der Waals surface area contributed by atoms with Crippen LogP contribution < -0.4 is 5.32 Å². The predicted octanol–water partition coefficient (Wildman–Crippen LogP) is 3.41. The summed E-state index contributed by atoms with van der Waals surface area (Å²) in [6.07, 6.45) is 0.542. The molecule has 1 heterocycles. The van der Waals surface area contributed by atoms with Crippen molar-refractivity contribution in [2.45, 2.75) is 70.0 Å². The Kier molecular flexibility index (Phi) is 5.36. The van der Waals surface area contributed by atoms with E-state index in [2.05, 4.69) is 19.2 Å². The summed E-state index contributed by atoms with van der Waals surface area (Å²) >= 11 is 1.72. The van der Waals surface area contributed by atoms with Crippen LogP contribution in [0.15, 0.2) is 0 Å². The Labute approximate surface area is 115 Å². The number of nitrogens with one attached hydrogen (secondary N) is 1. The predicted molar refractivity (Wildman–Crippen MR) is 77.9 cm³/mol. The maximum absolute atomic E-state index is 12.4. The zero-order chi connectivity index (χ0) is 14.1. The second-order valence-electron chi connectivity index (χ2n) is 5.84. The van der Waals surface area contributed by atoms with Crippen molar-refractivity contribution in [3.05, 3.63) is 0 Å². The van der Waals surface area contributed by atoms with Gasteiger partial charge in [0.1, 0.15) is 5.78 Å². The minimum atomic E-state index is -3.64. The molecule has 0 aromatic carbocycles. The second-order valence-corrected chi connectivity index (χ2v) is 9.49. The van der Waals surface area contributed by atoms with E-state index in [1.54, 1.807) is 11.8 Å². The lowest BCUT2D eigenvalue weighted by atomic mass is 10.2. The Balaban J connectivity index is 2.84. The molecule has 0 radical (unpaired) electrons. The largest absolute Gasteiger partial charge is 0.346 e. The molecule has 1 saturated heterocycles. The molecule has 0 spiro atoms. The maximum atomic E-state index is 12.4. The fraction of sp³-hybridized carbons (Fsp3) is 1.00. The number of rotatable bonds is 5. The van der Waals surface area contributed by atoms with E-state index in [1.807, 2.05) is 27.7 Å². The third kappa shape index (κ3) is 3.73. The van der Waals surface area contributed by atoms with Crippen LogP contribution in [0.3, 0.4) is 0 Å². The lowest BCUT2D eigenvalue weighted by Gasteiger charge is -2.30. The first-order valence-electron chi connectivity index (χ1n) is 6.55. The van der Waals surface area contributed by atoms with Gasteiger partial charge in [0.15, 0.2) is 0 Å². The van der Waals surface area contributed by atoms with Crippen molar-refractivity contribution >= 4 is 19.4 Å². The zero-order valence-corrected chi connectivity index (χ0v) is 13.8. The molecular formula is C12H26NO3PS. The molecule has 0 aliphatic carbocycles. The van der Waals surface area contributed by atoms with Crippen molar-refractivity contribution < 1.29 is 14.0 Å². The summed E-state index contributed by atoms with van der Waals surface area (Å²) in [5.74, 6) is -0.0840. The fourth-order valence-electron chi connectivity index (χ4n) is 1.99. The molecule has 18 heavy (non-hydrogen) atoms. The Bertz CT molecular complexity index is 335. The van der Waals surface area contributed by atoms with Gasteiger partial charge in [0.2, 0.25) is 0 Å². The molecule has 4 nitrogen and oxygen atoms in total. The molecule has 2 N–H and O–H groups in total. The SMILES string of the molecule is CCC(C)OP(=O)(O)C1NC(C(C)C)SC1(C)C. The van der Waals surface area contributed by atoms with Crippen LogP contribution in [-0.4, -0.2) is 26.9 Å². The highest BCUT2D eigenvalue weighted by molar-refractivity contribution is 8.01. The van der Waals surface area contributed by atoms with Gasteiger partial charge in [0.25, 0.3) is 0 Å². The summed E-state index contributed by atoms with van der Waals surface area (Å²) in [6.45, 7) is 12.0. The molecular weight excluding hydrogens is 269 g/mol. The molecule has 0 saturated carbocycles. The van der Waals surface area contributed by atoms with Crippen molar-refractivity contribution in [2.24, 2.45) is 5.92 Å². The monoisotopic (exact) mass is 295 g/mol. The molecule has 1 fully saturated rings. The smallest absolute Gasteiger partial charge is 0.323 e. The van der Waals surface area contributed by atoms with Crippen LogP contribution in [0.4, 0.5) is 0 Å². The lowest BCUT2D eigenvalue weighted by Crippen LogP contribution is -2.40. The second kappa shape index (κ2) is 5.84. The summed E-state index contributed by atoms with van der Waals surface area (Å²) in [4.78, 5) is 10.2. The maximum Gasteiger partial charge on any atom is 0.346 e. The molecule has 108 valence electrons. The fourth-order valence-corrected chi connectivity index (χ4v) is 5.92. The summed E-state index contributed by atoms with van der Waals surface area (Å²) in [5.41, 5.74) is 0. The number of hydrogen-bond acceptors (Lipinski definition) is 4. The van der Waals surface area contributed by atoms with Crippen molar-refractivity contribution in [3.63, 3.8) is 0 Å². The quantitative estimate of drug-likeness (QED) is 0.761. The molecule has 0 bridgehead atoms. The van der Waals surface area contributed by atoms with Crippen LogP contribution in [0.5, 0.6) is 0 Å². The molecule has 0 aromatic heterocycles. The van der Waals surface area contributed by atoms with Crippen molar-refractivity contribution in [2.75, 3.05) is 0 Å². The average molecular weight is 295 g/mol. The molecule has 4 atom stereocenters. The summed E-state index contributed by atoms with van der Waals surface area (Å²) in [5, 5.41) is 3.48. The van der Waals surface area contributed by atoms with Gasteiger partial charge < -0.3 is 9.42 Å². The van der Waals surface area contributed by atoms with E-state index in [-0.39, 0.29) is 16.2 Å². The van der Waals surface area contributed by atoms with E-state index in [9.17, 15) is 9.46 Å². The average Bonchev–Trinajstić information content (AvgIpc) is 2.54. The first-order chi connectivity index (χ1) is 8.10. The summed E-state index contributed by atoms with van der Waals surface area (Å²) in [7, 11) is -3.64. The highest BCUT2D eigenvalue weighted by Crippen LogP contribution is 2.58. The van der Waals surface area contributed by atoms with Crippen LogP contribution in [0.2, 0.25) is 0 Å². The van der Waals surface area contributed by atoms with Crippen molar-refractivity contribution in [1.82, 2.24) is 5.32 Å². The molecule has 0 aromatic rings.